The number of aryl methyl sites for hydroxylation is 1. The van der Waals surface area contributed by atoms with Crippen LogP contribution in [0.5, 0.6) is 5.75 Å². The zero-order valence-electron chi connectivity index (χ0n) is 17.7. The van der Waals surface area contributed by atoms with E-state index in [4.69, 9.17) is 11.6 Å². The van der Waals surface area contributed by atoms with E-state index in [9.17, 15) is 23.1 Å². The Morgan fingerprint density at radius 2 is 1.82 bits per heavy atom. The Hall–Kier alpha value is -3.21. The molecule has 0 spiro atoms. The van der Waals surface area contributed by atoms with Crippen LogP contribution in [-0.4, -0.2) is 46.6 Å². The van der Waals surface area contributed by atoms with Crippen LogP contribution in [0.2, 0.25) is 5.02 Å². The molecule has 1 amide bonds. The Balaban J connectivity index is 1.69. The van der Waals surface area contributed by atoms with Crippen molar-refractivity contribution in [3.8, 4) is 11.4 Å². The number of carbonyl (C=O) groups excluding carboxylic acids is 1. The molecule has 1 aliphatic heterocycles. The van der Waals surface area contributed by atoms with Gasteiger partial charge in [0.25, 0.3) is 5.91 Å². The first-order valence-electron chi connectivity index (χ1n) is 10.2. The first-order valence-corrected chi connectivity index (χ1v) is 12.0. The standard InChI is InChI=1S/C22H21ClN4O5S/c1-14-12-20(29)21(25-27(14)18-7-3-2-6-16(18)23)22(30)24-17-13-15(8-9-19(17)28)33(31,32)26-10-4-5-11-26/h2-3,6-9,12-13,28H,4-5,10-11H2,1H3,(H,24,30). The van der Waals surface area contributed by atoms with Crippen molar-refractivity contribution in [2.24, 2.45) is 0 Å². The van der Waals surface area contributed by atoms with Crippen molar-refractivity contribution in [3.63, 3.8) is 0 Å². The fraction of sp³-hybridized carbons (Fsp3) is 0.227. The number of aromatic hydroxyl groups is 1. The van der Waals surface area contributed by atoms with Crippen LogP contribution in [0, 0.1) is 6.92 Å². The van der Waals surface area contributed by atoms with Gasteiger partial charge in [0.2, 0.25) is 15.5 Å². The normalized spacial score (nSPS) is 14.4. The summed E-state index contributed by atoms with van der Waals surface area (Å²) in [6, 6.07) is 11.7. The van der Waals surface area contributed by atoms with E-state index in [1.807, 2.05) is 0 Å². The molecule has 2 heterocycles. The van der Waals surface area contributed by atoms with Crippen LogP contribution in [-0.2, 0) is 10.0 Å². The lowest BCUT2D eigenvalue weighted by molar-refractivity contribution is 0.101. The second-order valence-electron chi connectivity index (χ2n) is 7.61. The Morgan fingerprint density at radius 3 is 2.52 bits per heavy atom. The number of anilines is 1. The van der Waals surface area contributed by atoms with Gasteiger partial charge in [0.15, 0.2) is 5.69 Å². The van der Waals surface area contributed by atoms with Crippen molar-refractivity contribution >= 4 is 33.2 Å². The van der Waals surface area contributed by atoms with Crippen molar-refractivity contribution < 1.29 is 18.3 Å². The predicted octanol–water partition coefficient (Wildman–Crippen LogP) is 2.94. The smallest absolute Gasteiger partial charge is 0.280 e. The molecule has 9 nitrogen and oxygen atoms in total. The van der Waals surface area contributed by atoms with Crippen molar-refractivity contribution in [3.05, 3.63) is 75.2 Å². The highest BCUT2D eigenvalue weighted by atomic mass is 35.5. The maximum absolute atomic E-state index is 12.9. The summed E-state index contributed by atoms with van der Waals surface area (Å²) in [6.07, 6.45) is 1.55. The number of hydrogen-bond acceptors (Lipinski definition) is 6. The Labute approximate surface area is 195 Å². The highest BCUT2D eigenvalue weighted by Gasteiger charge is 2.28. The second kappa shape index (κ2) is 8.97. The number of amides is 1. The zero-order valence-corrected chi connectivity index (χ0v) is 19.2. The van der Waals surface area contributed by atoms with Crippen LogP contribution >= 0.6 is 11.6 Å². The van der Waals surface area contributed by atoms with Gasteiger partial charge in [-0.15, -0.1) is 0 Å². The zero-order chi connectivity index (χ0) is 23.8. The SMILES string of the molecule is Cc1cc(=O)c(C(=O)Nc2cc(S(=O)(=O)N3CCCC3)ccc2O)nn1-c1ccccc1Cl. The summed E-state index contributed by atoms with van der Waals surface area (Å²) in [5.41, 5.74) is -0.272. The summed E-state index contributed by atoms with van der Waals surface area (Å²) >= 11 is 6.23. The number of rotatable bonds is 5. The van der Waals surface area contributed by atoms with Crippen LogP contribution < -0.4 is 10.7 Å². The molecule has 11 heteroatoms. The van der Waals surface area contributed by atoms with E-state index in [1.165, 1.54) is 33.3 Å². The quantitative estimate of drug-likeness (QED) is 0.532. The number of nitrogens with zero attached hydrogens (tertiary/aromatic N) is 3. The molecule has 1 fully saturated rings. The molecule has 1 aliphatic rings. The van der Waals surface area contributed by atoms with Gasteiger partial charge in [-0.1, -0.05) is 23.7 Å². The molecule has 0 bridgehead atoms. The maximum atomic E-state index is 12.9. The minimum Gasteiger partial charge on any atom is -0.506 e. The van der Waals surface area contributed by atoms with Crippen LogP contribution in [0.1, 0.15) is 29.0 Å². The second-order valence-corrected chi connectivity index (χ2v) is 9.95. The molecule has 0 saturated carbocycles. The van der Waals surface area contributed by atoms with E-state index in [-0.39, 0.29) is 16.3 Å². The van der Waals surface area contributed by atoms with Crippen LogP contribution in [0.3, 0.4) is 0 Å². The minimum absolute atomic E-state index is 0.0668. The first kappa shape index (κ1) is 23.0. The van der Waals surface area contributed by atoms with Crippen LogP contribution in [0.25, 0.3) is 5.69 Å². The molecule has 2 aromatic carbocycles. The third kappa shape index (κ3) is 4.50. The number of hydrogen-bond donors (Lipinski definition) is 2. The van der Waals surface area contributed by atoms with Crippen molar-refractivity contribution in [1.82, 2.24) is 14.1 Å². The van der Waals surface area contributed by atoms with E-state index in [0.717, 1.165) is 12.8 Å². The lowest BCUT2D eigenvalue weighted by Gasteiger charge is -2.17. The van der Waals surface area contributed by atoms with Gasteiger partial charge in [0, 0.05) is 24.8 Å². The van der Waals surface area contributed by atoms with E-state index in [1.54, 1.807) is 31.2 Å². The molecule has 2 N–H and O–H groups in total. The van der Waals surface area contributed by atoms with Gasteiger partial charge in [-0.3, -0.25) is 9.59 Å². The number of benzene rings is 2. The summed E-state index contributed by atoms with van der Waals surface area (Å²) in [5, 5.41) is 17.1. The summed E-state index contributed by atoms with van der Waals surface area (Å²) in [6.45, 7) is 2.48. The van der Waals surface area contributed by atoms with Gasteiger partial charge < -0.3 is 10.4 Å². The summed E-state index contributed by atoms with van der Waals surface area (Å²) in [4.78, 5) is 25.3. The fourth-order valence-corrected chi connectivity index (χ4v) is 5.37. The molecule has 33 heavy (non-hydrogen) atoms. The van der Waals surface area contributed by atoms with E-state index < -0.39 is 27.1 Å². The number of sulfonamides is 1. The number of carbonyl (C=O) groups is 1. The molecule has 1 aromatic heterocycles. The number of phenolic OH excluding ortho intramolecular Hbond substituents is 1. The van der Waals surface area contributed by atoms with E-state index >= 15 is 0 Å². The van der Waals surface area contributed by atoms with Gasteiger partial charge in [0.1, 0.15) is 5.75 Å². The lowest BCUT2D eigenvalue weighted by Crippen LogP contribution is -2.28. The third-order valence-corrected chi connectivity index (χ3v) is 7.54. The maximum Gasteiger partial charge on any atom is 0.280 e. The van der Waals surface area contributed by atoms with Crippen LogP contribution in [0.15, 0.2) is 58.2 Å². The van der Waals surface area contributed by atoms with Gasteiger partial charge in [0.05, 0.1) is 21.3 Å². The van der Waals surface area contributed by atoms with E-state index in [0.29, 0.717) is 29.5 Å². The number of halogens is 1. The predicted molar refractivity (Wildman–Crippen MR) is 124 cm³/mol. The van der Waals surface area contributed by atoms with Crippen molar-refractivity contribution in [2.75, 3.05) is 18.4 Å². The fourth-order valence-electron chi connectivity index (χ4n) is 3.61. The molecule has 1 saturated heterocycles. The van der Waals surface area contributed by atoms with Gasteiger partial charge in [-0.25, -0.2) is 13.1 Å². The average molecular weight is 489 g/mol. The number of nitrogens with one attached hydrogen (secondary N) is 1. The largest absolute Gasteiger partial charge is 0.506 e. The average Bonchev–Trinajstić information content (AvgIpc) is 3.32. The topological polar surface area (TPSA) is 122 Å². The summed E-state index contributed by atoms with van der Waals surface area (Å²) in [5.74, 6) is -1.24. The number of aromatic nitrogens is 2. The summed E-state index contributed by atoms with van der Waals surface area (Å²) in [7, 11) is -3.76. The number of para-hydroxylation sites is 1. The monoisotopic (exact) mass is 488 g/mol. The Kier molecular flexibility index (Phi) is 6.24. The van der Waals surface area contributed by atoms with Crippen molar-refractivity contribution in [2.45, 2.75) is 24.7 Å². The highest BCUT2D eigenvalue weighted by molar-refractivity contribution is 7.89. The first-order chi connectivity index (χ1) is 15.7. The van der Waals surface area contributed by atoms with Crippen molar-refractivity contribution in [1.29, 1.82) is 0 Å². The molecular formula is C22H21ClN4O5S. The molecular weight excluding hydrogens is 468 g/mol. The molecule has 0 aliphatic carbocycles. The molecule has 0 atom stereocenters. The van der Waals surface area contributed by atoms with Gasteiger partial charge >= 0.3 is 0 Å². The lowest BCUT2D eigenvalue weighted by atomic mass is 10.2. The molecule has 4 rings (SSSR count). The highest BCUT2D eigenvalue weighted by Crippen LogP contribution is 2.29. The minimum atomic E-state index is -3.76. The molecule has 172 valence electrons. The molecule has 0 unspecified atom stereocenters. The molecule has 0 radical (unpaired) electrons. The Bertz CT molecular complexity index is 1400. The van der Waals surface area contributed by atoms with E-state index in [2.05, 4.69) is 10.4 Å². The van der Waals surface area contributed by atoms with Gasteiger partial charge in [-0.2, -0.15) is 9.40 Å². The summed E-state index contributed by atoms with van der Waals surface area (Å²) < 4.78 is 28.4. The Morgan fingerprint density at radius 1 is 1.12 bits per heavy atom. The van der Waals surface area contributed by atoms with Gasteiger partial charge in [-0.05, 0) is 50.1 Å². The van der Waals surface area contributed by atoms with Crippen LogP contribution in [0.4, 0.5) is 5.69 Å². The number of phenols is 1. The molecule has 3 aromatic rings. The third-order valence-electron chi connectivity index (χ3n) is 5.32.